The number of nitrogens with one attached hydrogen (secondary N) is 1. The molecule has 1 N–H and O–H groups in total. The molecular weight excluding hydrogens is 448 g/mol. The Labute approximate surface area is 166 Å². The number of aromatic nitrogens is 4. The Bertz CT molecular complexity index is 1070. The van der Waals surface area contributed by atoms with Gasteiger partial charge in [-0.2, -0.15) is 35.7 Å². The van der Waals surface area contributed by atoms with Gasteiger partial charge in [-0.05, 0) is 18.2 Å². The second-order valence-electron chi connectivity index (χ2n) is 5.33. The molecule has 3 heterocycles. The van der Waals surface area contributed by atoms with Crippen LogP contribution in [0, 0.1) is 0 Å². The van der Waals surface area contributed by atoms with Crippen molar-refractivity contribution in [1.82, 2.24) is 19.3 Å². The summed E-state index contributed by atoms with van der Waals surface area (Å²) in [7, 11) is 0. The first-order chi connectivity index (χ1) is 13.5. The normalized spacial score (nSPS) is 12.1. The van der Waals surface area contributed by atoms with Gasteiger partial charge >= 0.3 is 12.4 Å². The van der Waals surface area contributed by atoms with E-state index >= 15 is 0 Å². The predicted octanol–water partition coefficient (Wildman–Crippen LogP) is 4.94. The Morgan fingerprint density at radius 1 is 1.10 bits per heavy atom. The third-order valence-corrected chi connectivity index (χ3v) is 4.27. The number of amides is 1. The first kappa shape index (κ1) is 20.9. The van der Waals surface area contributed by atoms with Crippen molar-refractivity contribution in [2.45, 2.75) is 12.4 Å². The molecule has 14 heteroatoms. The van der Waals surface area contributed by atoms with Crippen molar-refractivity contribution in [3.05, 3.63) is 52.4 Å². The molecule has 0 aliphatic rings. The standard InChI is InChI=1S/C15H6ClF6N5OS/c16-8-4-6(14(17,18)19)5-24-9(8)11-25-13(29-27-11)26-12(28)7-2-1-3-23-10(7)15(20,21)22/h1-5H,(H,25,26,27,28). The number of hydrogen-bond donors (Lipinski definition) is 1. The summed E-state index contributed by atoms with van der Waals surface area (Å²) in [6.07, 6.45) is -8.08. The highest BCUT2D eigenvalue weighted by Gasteiger charge is 2.37. The zero-order valence-electron chi connectivity index (χ0n) is 13.6. The average Bonchev–Trinajstić information content (AvgIpc) is 3.08. The Morgan fingerprint density at radius 3 is 2.45 bits per heavy atom. The van der Waals surface area contributed by atoms with E-state index in [0.717, 1.165) is 18.3 Å². The highest BCUT2D eigenvalue weighted by molar-refractivity contribution is 7.10. The highest BCUT2D eigenvalue weighted by atomic mass is 35.5. The number of carbonyl (C=O) groups is 1. The number of anilines is 1. The van der Waals surface area contributed by atoms with Gasteiger partial charge in [0.1, 0.15) is 5.69 Å². The van der Waals surface area contributed by atoms with Crippen molar-refractivity contribution in [3.63, 3.8) is 0 Å². The molecule has 0 saturated carbocycles. The molecule has 3 aromatic rings. The number of alkyl halides is 6. The number of nitrogens with zero attached hydrogens (tertiary/aromatic N) is 4. The summed E-state index contributed by atoms with van der Waals surface area (Å²) in [5.74, 6) is -1.34. The number of hydrogen-bond acceptors (Lipinski definition) is 6. The maximum Gasteiger partial charge on any atom is 0.434 e. The van der Waals surface area contributed by atoms with Gasteiger partial charge in [-0.1, -0.05) is 11.6 Å². The van der Waals surface area contributed by atoms with E-state index in [4.69, 9.17) is 11.6 Å². The van der Waals surface area contributed by atoms with Gasteiger partial charge in [0.15, 0.2) is 11.5 Å². The molecule has 0 unspecified atom stereocenters. The van der Waals surface area contributed by atoms with Crippen LogP contribution in [0.3, 0.4) is 0 Å². The monoisotopic (exact) mass is 453 g/mol. The minimum Gasteiger partial charge on any atom is -0.297 e. The quantitative estimate of drug-likeness (QED) is 0.568. The number of halogens is 7. The molecule has 0 bridgehead atoms. The molecule has 0 saturated heterocycles. The Kier molecular flexibility index (Phi) is 5.45. The lowest BCUT2D eigenvalue weighted by molar-refractivity contribution is -0.141. The van der Waals surface area contributed by atoms with Crippen LogP contribution in [-0.2, 0) is 12.4 Å². The Hall–Kier alpha value is -2.80. The van der Waals surface area contributed by atoms with E-state index in [2.05, 4.69) is 24.6 Å². The molecule has 1 amide bonds. The molecule has 3 aromatic heterocycles. The topological polar surface area (TPSA) is 80.7 Å². The van der Waals surface area contributed by atoms with Crippen LogP contribution in [0.2, 0.25) is 5.02 Å². The van der Waals surface area contributed by atoms with Crippen LogP contribution in [0.4, 0.5) is 31.5 Å². The second-order valence-corrected chi connectivity index (χ2v) is 6.49. The van der Waals surface area contributed by atoms with Crippen molar-refractivity contribution < 1.29 is 31.1 Å². The fourth-order valence-corrected chi connectivity index (χ4v) is 2.92. The van der Waals surface area contributed by atoms with Crippen LogP contribution >= 0.6 is 23.1 Å². The first-order valence-electron chi connectivity index (χ1n) is 7.37. The van der Waals surface area contributed by atoms with Crippen LogP contribution in [0.25, 0.3) is 11.5 Å². The van der Waals surface area contributed by atoms with Crippen LogP contribution in [-0.4, -0.2) is 25.2 Å². The summed E-state index contributed by atoms with van der Waals surface area (Å²) in [6.45, 7) is 0. The van der Waals surface area contributed by atoms with Gasteiger partial charge in [0.2, 0.25) is 5.13 Å². The SMILES string of the molecule is O=C(Nc1nc(-c2ncc(C(F)(F)F)cc2Cl)ns1)c1cccnc1C(F)(F)F. The molecule has 0 fully saturated rings. The van der Waals surface area contributed by atoms with Gasteiger partial charge in [0.05, 0.1) is 16.1 Å². The van der Waals surface area contributed by atoms with Crippen LogP contribution in [0.15, 0.2) is 30.6 Å². The Morgan fingerprint density at radius 2 is 1.83 bits per heavy atom. The first-order valence-corrected chi connectivity index (χ1v) is 8.52. The maximum absolute atomic E-state index is 13.0. The van der Waals surface area contributed by atoms with Gasteiger partial charge in [0.25, 0.3) is 5.91 Å². The summed E-state index contributed by atoms with van der Waals surface area (Å²) < 4.78 is 80.7. The van der Waals surface area contributed by atoms with E-state index in [-0.39, 0.29) is 21.7 Å². The zero-order valence-corrected chi connectivity index (χ0v) is 15.2. The smallest absolute Gasteiger partial charge is 0.297 e. The van der Waals surface area contributed by atoms with E-state index in [9.17, 15) is 31.1 Å². The number of rotatable bonds is 3. The van der Waals surface area contributed by atoms with Gasteiger partial charge in [-0.25, -0.2) is 0 Å². The van der Waals surface area contributed by atoms with E-state index < -0.39 is 35.1 Å². The van der Waals surface area contributed by atoms with Gasteiger partial charge in [-0.15, -0.1) is 0 Å². The molecule has 0 aliphatic carbocycles. The van der Waals surface area contributed by atoms with E-state index in [1.165, 1.54) is 0 Å². The molecular formula is C15H6ClF6N5OS. The maximum atomic E-state index is 13.0. The molecule has 3 rings (SSSR count). The molecule has 152 valence electrons. The molecule has 0 radical (unpaired) electrons. The Balaban J connectivity index is 1.84. The van der Waals surface area contributed by atoms with Crippen molar-refractivity contribution >= 4 is 34.2 Å². The minimum atomic E-state index is -4.85. The third kappa shape index (κ3) is 4.62. The average molecular weight is 454 g/mol. The molecule has 0 atom stereocenters. The van der Waals surface area contributed by atoms with Crippen molar-refractivity contribution in [1.29, 1.82) is 0 Å². The van der Waals surface area contributed by atoms with Gasteiger partial charge in [0, 0.05) is 23.9 Å². The lowest BCUT2D eigenvalue weighted by Crippen LogP contribution is -2.20. The van der Waals surface area contributed by atoms with Gasteiger partial charge < -0.3 is 0 Å². The summed E-state index contributed by atoms with van der Waals surface area (Å²) in [5, 5.41) is 1.54. The molecule has 0 spiro atoms. The van der Waals surface area contributed by atoms with Crippen molar-refractivity contribution in [2.24, 2.45) is 0 Å². The van der Waals surface area contributed by atoms with E-state index in [1.807, 2.05) is 0 Å². The lowest BCUT2D eigenvalue weighted by atomic mass is 10.2. The zero-order chi connectivity index (χ0) is 21.4. The van der Waals surface area contributed by atoms with Crippen LogP contribution in [0.1, 0.15) is 21.6 Å². The molecule has 0 aromatic carbocycles. The van der Waals surface area contributed by atoms with Crippen molar-refractivity contribution in [2.75, 3.05) is 5.32 Å². The largest absolute Gasteiger partial charge is 0.434 e. The van der Waals surface area contributed by atoms with Gasteiger partial charge in [-0.3, -0.25) is 20.1 Å². The lowest BCUT2D eigenvalue weighted by Gasteiger charge is -2.10. The second kappa shape index (κ2) is 7.55. The number of pyridine rings is 2. The summed E-state index contributed by atoms with van der Waals surface area (Å²) >= 11 is 6.38. The van der Waals surface area contributed by atoms with E-state index in [0.29, 0.717) is 23.8 Å². The molecule has 0 aliphatic heterocycles. The van der Waals surface area contributed by atoms with E-state index in [1.54, 1.807) is 0 Å². The fraction of sp³-hybridized carbons (Fsp3) is 0.133. The summed E-state index contributed by atoms with van der Waals surface area (Å²) in [6, 6.07) is 2.72. The highest BCUT2D eigenvalue weighted by Crippen LogP contribution is 2.34. The van der Waals surface area contributed by atoms with Crippen molar-refractivity contribution in [3.8, 4) is 11.5 Å². The predicted molar refractivity (Wildman–Crippen MR) is 90.3 cm³/mol. The molecule has 6 nitrogen and oxygen atoms in total. The summed E-state index contributed by atoms with van der Waals surface area (Å²) in [4.78, 5) is 22.7. The van der Waals surface area contributed by atoms with Crippen LogP contribution < -0.4 is 5.32 Å². The summed E-state index contributed by atoms with van der Waals surface area (Å²) in [5.41, 5.74) is -3.38. The molecule has 29 heavy (non-hydrogen) atoms. The minimum absolute atomic E-state index is 0.186. The van der Waals surface area contributed by atoms with Crippen LogP contribution in [0.5, 0.6) is 0 Å². The number of carbonyl (C=O) groups excluding carboxylic acids is 1. The fourth-order valence-electron chi connectivity index (χ4n) is 2.11. The third-order valence-electron chi connectivity index (χ3n) is 3.35.